The topological polar surface area (TPSA) is 29.5 Å². The minimum Gasteiger partial charge on any atom is -0.368 e. The van der Waals surface area contributed by atoms with E-state index in [1.807, 2.05) is 11.9 Å². The molecule has 1 unspecified atom stereocenters. The summed E-state index contributed by atoms with van der Waals surface area (Å²) < 4.78 is 5.36. The van der Waals surface area contributed by atoms with Crippen LogP contribution in [-0.4, -0.2) is 42.4 Å². The quantitative estimate of drug-likeness (QED) is 0.550. The molecule has 0 aromatic rings. The average molecular weight is 278 g/mol. The zero-order valence-corrected chi connectivity index (χ0v) is 11.0. The molecule has 1 rings (SSSR count). The maximum atomic E-state index is 11.8. The van der Waals surface area contributed by atoms with Crippen molar-refractivity contribution in [2.45, 2.75) is 38.2 Å². The number of ether oxygens (including phenoxy) is 1. The second kappa shape index (κ2) is 7.23. The molecular weight excluding hydrogens is 258 g/mol. The highest BCUT2D eigenvalue weighted by Crippen LogP contribution is 2.14. The molecule has 4 heteroatoms. The van der Waals surface area contributed by atoms with Gasteiger partial charge in [-0.05, 0) is 25.7 Å². The molecule has 1 amide bonds. The number of unbranched alkanes of at least 4 members (excludes halogenated alkanes) is 2. The third-order valence-corrected chi connectivity index (χ3v) is 3.27. The van der Waals surface area contributed by atoms with Gasteiger partial charge in [-0.25, -0.2) is 0 Å². The van der Waals surface area contributed by atoms with Crippen LogP contribution < -0.4 is 0 Å². The molecule has 0 saturated carbocycles. The Morgan fingerprint density at radius 2 is 2.27 bits per heavy atom. The van der Waals surface area contributed by atoms with Crippen molar-refractivity contribution >= 4 is 21.8 Å². The molecule has 0 aromatic carbocycles. The first-order valence-electron chi connectivity index (χ1n) is 5.68. The molecule has 1 fully saturated rings. The van der Waals surface area contributed by atoms with E-state index < -0.39 is 0 Å². The van der Waals surface area contributed by atoms with Gasteiger partial charge in [-0.1, -0.05) is 22.4 Å². The van der Waals surface area contributed by atoms with Crippen molar-refractivity contribution in [3.8, 4) is 0 Å². The monoisotopic (exact) mass is 277 g/mol. The summed E-state index contributed by atoms with van der Waals surface area (Å²) in [5.74, 6) is 0.159. The van der Waals surface area contributed by atoms with E-state index in [0.717, 1.165) is 37.7 Å². The van der Waals surface area contributed by atoms with Gasteiger partial charge >= 0.3 is 0 Å². The molecule has 1 saturated heterocycles. The number of hydrogen-bond donors (Lipinski definition) is 0. The van der Waals surface area contributed by atoms with E-state index in [2.05, 4.69) is 15.9 Å². The summed E-state index contributed by atoms with van der Waals surface area (Å²) in [6.45, 7) is 1.60. The van der Waals surface area contributed by atoms with Crippen molar-refractivity contribution in [1.82, 2.24) is 4.90 Å². The minimum atomic E-state index is -0.161. The molecule has 0 radical (unpaired) electrons. The van der Waals surface area contributed by atoms with Gasteiger partial charge in [0.05, 0.1) is 0 Å². The summed E-state index contributed by atoms with van der Waals surface area (Å²) in [6, 6.07) is 0. The van der Waals surface area contributed by atoms with Gasteiger partial charge in [-0.2, -0.15) is 0 Å². The van der Waals surface area contributed by atoms with E-state index in [4.69, 9.17) is 4.74 Å². The van der Waals surface area contributed by atoms with Crippen molar-refractivity contribution in [2.75, 3.05) is 25.5 Å². The molecule has 0 aromatic heterocycles. The van der Waals surface area contributed by atoms with Gasteiger partial charge in [0.15, 0.2) is 0 Å². The van der Waals surface area contributed by atoms with Crippen LogP contribution >= 0.6 is 15.9 Å². The van der Waals surface area contributed by atoms with Crippen molar-refractivity contribution in [2.24, 2.45) is 0 Å². The van der Waals surface area contributed by atoms with E-state index in [1.54, 1.807) is 0 Å². The summed E-state index contributed by atoms with van der Waals surface area (Å²) in [5, 5.41) is 1.05. The second-order valence-corrected chi connectivity index (χ2v) is 4.80. The smallest absolute Gasteiger partial charge is 0.251 e. The fourth-order valence-corrected chi connectivity index (χ4v) is 2.15. The molecule has 1 heterocycles. The number of hydrogen-bond acceptors (Lipinski definition) is 2. The maximum Gasteiger partial charge on any atom is 0.251 e. The van der Waals surface area contributed by atoms with Crippen LogP contribution in [0.1, 0.15) is 32.1 Å². The normalized spacial score (nSPS) is 20.5. The number of carbonyl (C=O) groups is 1. The predicted molar refractivity (Wildman–Crippen MR) is 64.3 cm³/mol. The molecule has 3 nitrogen and oxygen atoms in total. The van der Waals surface area contributed by atoms with E-state index >= 15 is 0 Å². The molecule has 0 aliphatic carbocycles. The molecule has 0 bridgehead atoms. The lowest BCUT2D eigenvalue weighted by atomic mass is 10.2. The minimum absolute atomic E-state index is 0.159. The van der Waals surface area contributed by atoms with E-state index in [-0.39, 0.29) is 12.0 Å². The van der Waals surface area contributed by atoms with Gasteiger partial charge in [0.1, 0.15) is 6.10 Å². The van der Waals surface area contributed by atoms with Gasteiger partial charge in [-0.3, -0.25) is 4.79 Å². The molecule has 0 spiro atoms. The predicted octanol–water partition coefficient (Wildman–Crippen LogP) is 2.19. The Morgan fingerprint density at radius 1 is 1.47 bits per heavy atom. The van der Waals surface area contributed by atoms with Gasteiger partial charge in [0.2, 0.25) is 0 Å². The summed E-state index contributed by atoms with van der Waals surface area (Å²) >= 11 is 3.40. The Bertz CT molecular complexity index is 193. The van der Waals surface area contributed by atoms with Crippen molar-refractivity contribution in [3.05, 3.63) is 0 Å². The Hall–Kier alpha value is -0.0900. The fourth-order valence-electron chi connectivity index (χ4n) is 1.75. The first-order valence-corrected chi connectivity index (χ1v) is 6.80. The lowest BCUT2D eigenvalue weighted by Crippen LogP contribution is -2.36. The Balaban J connectivity index is 2.14. The fraction of sp³-hybridized carbons (Fsp3) is 0.909. The van der Waals surface area contributed by atoms with Crippen LogP contribution in [0.25, 0.3) is 0 Å². The van der Waals surface area contributed by atoms with Crippen LogP contribution in [0, 0.1) is 0 Å². The van der Waals surface area contributed by atoms with Gasteiger partial charge in [0.25, 0.3) is 5.91 Å². The Kier molecular flexibility index (Phi) is 6.25. The molecular formula is C11H20BrNO2. The standard InChI is InChI=1S/C11H20BrNO2/c1-13(8-4-2-3-7-12)11(14)10-6-5-9-15-10/h10H,2-9H2,1H3. The first-order chi connectivity index (χ1) is 7.25. The SMILES string of the molecule is CN(CCCCCBr)C(=O)C1CCCO1. The van der Waals surface area contributed by atoms with Crippen LogP contribution in [-0.2, 0) is 9.53 Å². The van der Waals surface area contributed by atoms with E-state index in [1.165, 1.54) is 12.8 Å². The maximum absolute atomic E-state index is 11.8. The zero-order valence-electron chi connectivity index (χ0n) is 9.38. The summed E-state index contributed by atoms with van der Waals surface area (Å²) in [7, 11) is 1.87. The van der Waals surface area contributed by atoms with E-state index in [0.29, 0.717) is 0 Å². The highest BCUT2D eigenvalue weighted by Gasteiger charge is 2.25. The summed E-state index contributed by atoms with van der Waals surface area (Å²) in [4.78, 5) is 13.6. The largest absolute Gasteiger partial charge is 0.368 e. The zero-order chi connectivity index (χ0) is 11.1. The highest BCUT2D eigenvalue weighted by atomic mass is 79.9. The second-order valence-electron chi connectivity index (χ2n) is 4.01. The first kappa shape index (κ1) is 13.0. The lowest BCUT2D eigenvalue weighted by molar-refractivity contribution is -0.139. The van der Waals surface area contributed by atoms with Crippen LogP contribution in [0.4, 0.5) is 0 Å². The molecule has 1 aliphatic rings. The number of likely N-dealkylation sites (N-methyl/N-ethyl adjacent to an activating group) is 1. The molecule has 15 heavy (non-hydrogen) atoms. The van der Waals surface area contributed by atoms with Crippen molar-refractivity contribution in [3.63, 3.8) is 0 Å². The Labute approximate surface area is 100 Å². The number of carbonyl (C=O) groups excluding carboxylic acids is 1. The number of amides is 1. The molecule has 1 aliphatic heterocycles. The highest BCUT2D eigenvalue weighted by molar-refractivity contribution is 9.09. The van der Waals surface area contributed by atoms with Crippen LogP contribution in [0.2, 0.25) is 0 Å². The average Bonchev–Trinajstić information content (AvgIpc) is 2.76. The van der Waals surface area contributed by atoms with Crippen molar-refractivity contribution < 1.29 is 9.53 Å². The van der Waals surface area contributed by atoms with Crippen LogP contribution in [0.15, 0.2) is 0 Å². The molecule has 1 atom stereocenters. The van der Waals surface area contributed by atoms with Crippen molar-refractivity contribution in [1.29, 1.82) is 0 Å². The van der Waals surface area contributed by atoms with Crippen LogP contribution in [0.3, 0.4) is 0 Å². The third-order valence-electron chi connectivity index (χ3n) is 2.71. The molecule has 88 valence electrons. The summed E-state index contributed by atoms with van der Waals surface area (Å²) in [5.41, 5.74) is 0. The van der Waals surface area contributed by atoms with Gasteiger partial charge < -0.3 is 9.64 Å². The number of rotatable bonds is 6. The summed E-state index contributed by atoms with van der Waals surface area (Å²) in [6.07, 6.45) is 5.20. The molecule has 0 N–H and O–H groups in total. The third kappa shape index (κ3) is 4.51. The lowest BCUT2D eigenvalue weighted by Gasteiger charge is -2.20. The van der Waals surface area contributed by atoms with Crippen LogP contribution in [0.5, 0.6) is 0 Å². The number of halogens is 1. The van der Waals surface area contributed by atoms with Gasteiger partial charge in [0, 0.05) is 25.5 Å². The number of alkyl halides is 1. The van der Waals surface area contributed by atoms with E-state index in [9.17, 15) is 4.79 Å². The Morgan fingerprint density at radius 3 is 2.87 bits per heavy atom. The van der Waals surface area contributed by atoms with Gasteiger partial charge in [-0.15, -0.1) is 0 Å². The number of nitrogens with zero attached hydrogens (tertiary/aromatic N) is 1.